The summed E-state index contributed by atoms with van der Waals surface area (Å²) in [4.78, 5) is 8.60. The minimum Gasteiger partial charge on any atom is -0.491 e. The Morgan fingerprint density at radius 2 is 2.12 bits per heavy atom. The van der Waals surface area contributed by atoms with Gasteiger partial charge >= 0.3 is 0 Å². The second-order valence-corrected chi connectivity index (χ2v) is 5.63. The van der Waals surface area contributed by atoms with Gasteiger partial charge in [0.05, 0.1) is 24.4 Å². The quantitative estimate of drug-likeness (QED) is 0.573. The number of halogens is 1. The van der Waals surface area contributed by atoms with E-state index in [0.717, 1.165) is 10.9 Å². The molecule has 4 rings (SSSR count). The Hall–Kier alpha value is -3.42. The van der Waals surface area contributed by atoms with Gasteiger partial charge in [-0.05, 0) is 29.8 Å². The first-order valence-electron chi connectivity index (χ1n) is 8.05. The number of alkyl halides is 1. The number of aromatic nitrogens is 4. The average molecular weight is 353 g/mol. The van der Waals surface area contributed by atoms with Gasteiger partial charge in [0.15, 0.2) is 11.4 Å². The molecule has 0 atom stereocenters. The molecular weight excluding hydrogens is 337 g/mol. The second-order valence-electron chi connectivity index (χ2n) is 5.63. The van der Waals surface area contributed by atoms with Crippen molar-refractivity contribution in [3.05, 3.63) is 54.4 Å². The summed E-state index contributed by atoms with van der Waals surface area (Å²) in [5.74, 6) is 1.36. The highest BCUT2D eigenvalue weighted by molar-refractivity contribution is 5.89. The number of hydrogen-bond donors (Lipinski definition) is 1. The molecule has 0 bridgehead atoms. The summed E-state index contributed by atoms with van der Waals surface area (Å²) < 4.78 is 24.8. The second kappa shape index (κ2) is 6.83. The Morgan fingerprint density at radius 1 is 1.19 bits per heavy atom. The van der Waals surface area contributed by atoms with Gasteiger partial charge in [0, 0.05) is 0 Å². The van der Waals surface area contributed by atoms with Crippen LogP contribution < -0.4 is 10.5 Å². The first-order valence-corrected chi connectivity index (χ1v) is 8.05. The van der Waals surface area contributed by atoms with E-state index in [-0.39, 0.29) is 12.6 Å². The van der Waals surface area contributed by atoms with Crippen LogP contribution in [0.25, 0.3) is 22.5 Å². The number of ether oxygens (including phenoxy) is 1. The van der Waals surface area contributed by atoms with Crippen molar-refractivity contribution in [1.82, 2.24) is 19.7 Å². The molecule has 26 heavy (non-hydrogen) atoms. The van der Waals surface area contributed by atoms with E-state index in [0.29, 0.717) is 29.4 Å². The Balaban J connectivity index is 1.70. The summed E-state index contributed by atoms with van der Waals surface area (Å²) in [5.41, 5.74) is 8.03. The molecule has 132 valence electrons. The van der Waals surface area contributed by atoms with E-state index in [1.54, 1.807) is 29.3 Å². The van der Waals surface area contributed by atoms with Gasteiger partial charge in [-0.2, -0.15) is 10.1 Å². The van der Waals surface area contributed by atoms with Crippen LogP contribution in [-0.4, -0.2) is 33.0 Å². The van der Waals surface area contributed by atoms with E-state index < -0.39 is 6.67 Å². The van der Waals surface area contributed by atoms with Crippen LogP contribution in [0.15, 0.2) is 53.3 Å². The maximum Gasteiger partial charge on any atom is 0.222 e. The van der Waals surface area contributed by atoms with Crippen LogP contribution in [0.4, 0.5) is 10.3 Å². The number of benzene rings is 1. The van der Waals surface area contributed by atoms with Gasteiger partial charge in [-0.15, -0.1) is 0 Å². The zero-order chi connectivity index (χ0) is 17.9. The minimum atomic E-state index is -0.528. The molecule has 7 nitrogen and oxygen atoms in total. The van der Waals surface area contributed by atoms with Gasteiger partial charge in [0.1, 0.15) is 24.7 Å². The maximum atomic E-state index is 12.3. The van der Waals surface area contributed by atoms with Gasteiger partial charge in [0.2, 0.25) is 5.95 Å². The van der Waals surface area contributed by atoms with Crippen molar-refractivity contribution in [2.24, 2.45) is 0 Å². The fourth-order valence-corrected chi connectivity index (χ4v) is 2.75. The number of rotatable bonds is 6. The molecule has 0 saturated heterocycles. The van der Waals surface area contributed by atoms with Crippen molar-refractivity contribution < 1.29 is 13.5 Å². The third-order valence-corrected chi connectivity index (χ3v) is 3.84. The first kappa shape index (κ1) is 16.1. The highest BCUT2D eigenvalue weighted by atomic mass is 19.1. The molecule has 0 radical (unpaired) electrons. The number of nitrogens with zero attached hydrogens (tertiary/aromatic N) is 4. The number of furan rings is 1. The lowest BCUT2D eigenvalue weighted by Crippen LogP contribution is -2.05. The summed E-state index contributed by atoms with van der Waals surface area (Å²) in [6.45, 7) is -0.0332. The highest BCUT2D eigenvalue weighted by Crippen LogP contribution is 2.27. The molecule has 0 aliphatic carbocycles. The normalized spacial score (nSPS) is 11.1. The van der Waals surface area contributed by atoms with Gasteiger partial charge in [-0.25, -0.2) is 14.1 Å². The molecular formula is C18H16FN5O2. The molecule has 2 N–H and O–H groups in total. The lowest BCUT2D eigenvalue weighted by Gasteiger charge is -2.08. The third-order valence-electron chi connectivity index (χ3n) is 3.84. The van der Waals surface area contributed by atoms with E-state index in [1.165, 1.54) is 0 Å². The number of anilines is 1. The SMILES string of the molecule is Nc1nc(-c2ccco2)c2cnn(Cc3cccc(OCCF)c3)c2n1. The van der Waals surface area contributed by atoms with Crippen molar-refractivity contribution in [1.29, 1.82) is 0 Å². The number of nitrogen functional groups attached to an aromatic ring is 1. The van der Waals surface area contributed by atoms with Crippen molar-refractivity contribution in [2.45, 2.75) is 6.54 Å². The van der Waals surface area contributed by atoms with Crippen LogP contribution in [0, 0.1) is 0 Å². The smallest absolute Gasteiger partial charge is 0.222 e. The van der Waals surface area contributed by atoms with Crippen molar-refractivity contribution in [3.63, 3.8) is 0 Å². The number of nitrogens with two attached hydrogens (primary N) is 1. The van der Waals surface area contributed by atoms with Crippen molar-refractivity contribution in [2.75, 3.05) is 19.0 Å². The van der Waals surface area contributed by atoms with E-state index in [9.17, 15) is 4.39 Å². The maximum absolute atomic E-state index is 12.3. The molecule has 0 amide bonds. The van der Waals surface area contributed by atoms with Gasteiger partial charge in [-0.1, -0.05) is 12.1 Å². The summed E-state index contributed by atoms with van der Waals surface area (Å²) >= 11 is 0. The Morgan fingerprint density at radius 3 is 2.92 bits per heavy atom. The number of hydrogen-bond acceptors (Lipinski definition) is 6. The molecule has 0 spiro atoms. The van der Waals surface area contributed by atoms with Crippen LogP contribution >= 0.6 is 0 Å². The first-order chi connectivity index (χ1) is 12.7. The molecule has 3 aromatic heterocycles. The van der Waals surface area contributed by atoms with Gasteiger partial charge in [0.25, 0.3) is 0 Å². The number of fused-ring (bicyclic) bond motifs is 1. The van der Waals surface area contributed by atoms with Crippen molar-refractivity contribution >= 4 is 17.0 Å². The molecule has 0 fully saturated rings. The summed E-state index contributed by atoms with van der Waals surface area (Å²) in [6, 6.07) is 11.0. The molecule has 3 heterocycles. The van der Waals surface area contributed by atoms with Crippen LogP contribution in [0.2, 0.25) is 0 Å². The Labute approximate surface area is 148 Å². The van der Waals surface area contributed by atoms with E-state index in [4.69, 9.17) is 14.9 Å². The highest BCUT2D eigenvalue weighted by Gasteiger charge is 2.15. The fourth-order valence-electron chi connectivity index (χ4n) is 2.75. The fraction of sp³-hybridized carbons (Fsp3) is 0.167. The van der Waals surface area contributed by atoms with Crippen LogP contribution in [0.1, 0.15) is 5.56 Å². The molecule has 0 aliphatic heterocycles. The van der Waals surface area contributed by atoms with E-state index >= 15 is 0 Å². The third kappa shape index (κ3) is 3.08. The van der Waals surface area contributed by atoms with E-state index in [1.807, 2.05) is 24.3 Å². The average Bonchev–Trinajstić information content (AvgIpc) is 3.30. The molecule has 0 aliphatic rings. The lowest BCUT2D eigenvalue weighted by atomic mass is 10.2. The van der Waals surface area contributed by atoms with E-state index in [2.05, 4.69) is 15.1 Å². The predicted octanol–water partition coefficient (Wildman–Crippen LogP) is 3.07. The monoisotopic (exact) mass is 353 g/mol. The molecule has 0 unspecified atom stereocenters. The predicted molar refractivity (Wildman–Crippen MR) is 94.5 cm³/mol. The standard InChI is InChI=1S/C18H16FN5O2/c19-6-8-25-13-4-1-3-12(9-13)11-24-17-14(10-21-24)16(22-18(20)23-17)15-5-2-7-26-15/h1-5,7,9-10H,6,8,11H2,(H2,20,22,23). The van der Waals surface area contributed by atoms with Gasteiger partial charge < -0.3 is 14.9 Å². The van der Waals surface area contributed by atoms with Crippen LogP contribution in [0.3, 0.4) is 0 Å². The Bertz CT molecular complexity index is 1030. The largest absolute Gasteiger partial charge is 0.491 e. The van der Waals surface area contributed by atoms with Crippen LogP contribution in [0.5, 0.6) is 5.75 Å². The lowest BCUT2D eigenvalue weighted by molar-refractivity contribution is 0.273. The summed E-state index contributed by atoms with van der Waals surface area (Å²) in [7, 11) is 0. The molecule has 8 heteroatoms. The summed E-state index contributed by atoms with van der Waals surface area (Å²) in [5, 5.41) is 5.16. The molecule has 4 aromatic rings. The topological polar surface area (TPSA) is 92.0 Å². The molecule has 1 aromatic carbocycles. The van der Waals surface area contributed by atoms with Crippen molar-refractivity contribution in [3.8, 4) is 17.2 Å². The summed E-state index contributed by atoms with van der Waals surface area (Å²) in [6.07, 6.45) is 3.27. The zero-order valence-corrected chi connectivity index (χ0v) is 13.8. The molecule has 0 saturated carbocycles. The Kier molecular flexibility index (Phi) is 4.22. The van der Waals surface area contributed by atoms with Gasteiger partial charge in [-0.3, -0.25) is 0 Å². The minimum absolute atomic E-state index is 0.0322. The zero-order valence-electron chi connectivity index (χ0n) is 13.8. The van der Waals surface area contributed by atoms with Crippen LogP contribution in [-0.2, 0) is 6.54 Å².